The highest BCUT2D eigenvalue weighted by Crippen LogP contribution is 2.70. The van der Waals surface area contributed by atoms with Crippen molar-refractivity contribution in [2.24, 2.45) is 34.5 Å². The molecule has 19 heteroatoms. The molecule has 21 atom stereocenters. The van der Waals surface area contributed by atoms with Gasteiger partial charge >= 0.3 is 5.97 Å². The number of fused-ring (bicyclic) bond motifs is 5. The molecular formula is C46H64O19. The highest BCUT2D eigenvalue weighted by molar-refractivity contribution is 5.85. The van der Waals surface area contributed by atoms with Gasteiger partial charge in [0.1, 0.15) is 43.2 Å². The fourth-order valence-electron chi connectivity index (χ4n) is 13.8. The minimum Gasteiger partial charge on any atom is -0.464 e. The van der Waals surface area contributed by atoms with Crippen LogP contribution in [0.5, 0.6) is 0 Å². The predicted molar refractivity (Wildman–Crippen MR) is 217 cm³/mol. The summed E-state index contributed by atoms with van der Waals surface area (Å²) in [6.07, 6.45) is -2.01. The summed E-state index contributed by atoms with van der Waals surface area (Å²) in [5, 5.41) is 12.8. The van der Waals surface area contributed by atoms with Gasteiger partial charge in [0.2, 0.25) is 0 Å². The topological polar surface area (TPSA) is 233 Å². The van der Waals surface area contributed by atoms with Crippen molar-refractivity contribution in [3.63, 3.8) is 0 Å². The van der Waals surface area contributed by atoms with Crippen LogP contribution >= 0.6 is 0 Å². The van der Waals surface area contributed by atoms with E-state index in [2.05, 4.69) is 13.8 Å². The third kappa shape index (κ3) is 8.95. The van der Waals surface area contributed by atoms with Crippen LogP contribution in [-0.2, 0) is 85.6 Å². The van der Waals surface area contributed by atoms with E-state index in [1.54, 1.807) is 13.8 Å². The molecule has 0 amide bonds. The zero-order valence-electron chi connectivity index (χ0n) is 37.6. The molecule has 8 aliphatic rings. The minimum atomic E-state index is -1.08. The average Bonchev–Trinajstić information content (AvgIpc) is 3.78. The Hall–Kier alpha value is -3.72. The number of esters is 1. The molecule has 0 bridgehead atoms. The fraction of sp³-hybridized carbons (Fsp3) is 0.826. The Morgan fingerprint density at radius 3 is 1.68 bits per heavy atom. The molecule has 19 nitrogen and oxygen atoms in total. The summed E-state index contributed by atoms with van der Waals surface area (Å²) in [6, 6.07) is 0. The molecule has 4 aliphatic carbocycles. The lowest BCUT2D eigenvalue weighted by Gasteiger charge is -2.63. The lowest BCUT2D eigenvalue weighted by Crippen LogP contribution is -2.62. The van der Waals surface area contributed by atoms with Gasteiger partial charge in [-0.25, -0.2) is 4.79 Å². The molecule has 4 heterocycles. The van der Waals surface area contributed by atoms with Crippen LogP contribution in [0.15, 0.2) is 11.6 Å². The van der Waals surface area contributed by atoms with Crippen molar-refractivity contribution in [3.05, 3.63) is 11.6 Å². The maximum Gasteiger partial charge on any atom is 0.331 e. The van der Waals surface area contributed by atoms with E-state index >= 15 is 0 Å². The quantitative estimate of drug-likeness (QED) is 0.0955. The number of ether oxygens (including phenoxy) is 12. The minimum absolute atomic E-state index is 0.00210. The SMILES string of the molecule is CC1OC(OC2C(C)OC(OC3C(C)OC(OC4CC[C@@]5(C)C(CCC6C5CC[C@]5(C)C(C7=CC(=O)OC7)C(OC=O)C[C@]65O)C4)CC3OC=O)CC2OC=O)CC(OC=O)C1OC=O. The molecule has 8 rings (SSSR count). The predicted octanol–water partition coefficient (Wildman–Crippen LogP) is 3.12. The Morgan fingerprint density at radius 1 is 0.615 bits per heavy atom. The second-order valence-electron chi connectivity index (χ2n) is 19.9. The molecule has 0 radical (unpaired) electrons. The van der Waals surface area contributed by atoms with Crippen molar-refractivity contribution in [1.82, 2.24) is 0 Å². The van der Waals surface area contributed by atoms with Gasteiger partial charge in [0.15, 0.2) is 25.0 Å². The smallest absolute Gasteiger partial charge is 0.331 e. The lowest BCUT2D eigenvalue weighted by molar-refractivity contribution is -0.336. The van der Waals surface area contributed by atoms with Gasteiger partial charge in [0.05, 0.1) is 30.0 Å². The number of hydrogen-bond acceptors (Lipinski definition) is 19. The van der Waals surface area contributed by atoms with Gasteiger partial charge in [-0.15, -0.1) is 0 Å². The summed E-state index contributed by atoms with van der Waals surface area (Å²) >= 11 is 0. The first-order chi connectivity index (χ1) is 31.2. The highest BCUT2D eigenvalue weighted by Gasteiger charge is 2.71. The van der Waals surface area contributed by atoms with Crippen LogP contribution in [0, 0.1) is 34.5 Å². The standard InChI is InChI=1S/C46H64O19/c1-24-41(59-23-51)32(55-19-47)14-38(60-24)64-43-26(3)62-39(16-34(43)57-21-49)65-42-25(2)61-37(15-33(42)56-20-48)63-29-8-10-44(4)28(13-29)6-7-31-30(44)9-11-45(5)40(27-12-36(52)54-18-27)35(58-22-50)17-46(31,45)53/h12,19-26,28-35,37-43,53H,6-11,13-18H2,1-5H3/t24?,25?,26?,28?,29?,30?,31?,32?,33?,34?,35?,37?,38?,39?,40?,41?,42?,43?,44-,45+,46-/m0/s1. The Labute approximate surface area is 378 Å². The summed E-state index contributed by atoms with van der Waals surface area (Å²) in [7, 11) is 0. The van der Waals surface area contributed by atoms with Gasteiger partial charge in [-0.2, -0.15) is 0 Å². The van der Waals surface area contributed by atoms with Crippen molar-refractivity contribution < 1.29 is 90.7 Å². The van der Waals surface area contributed by atoms with Crippen LogP contribution in [0.4, 0.5) is 0 Å². The third-order valence-electron chi connectivity index (χ3n) is 16.8. The molecule has 4 aliphatic heterocycles. The zero-order chi connectivity index (χ0) is 46.3. The number of rotatable bonds is 17. The maximum atomic E-state index is 12.8. The molecular weight excluding hydrogens is 856 g/mol. The molecule has 0 aromatic carbocycles. The van der Waals surface area contributed by atoms with Crippen LogP contribution in [0.25, 0.3) is 0 Å². The summed E-state index contributed by atoms with van der Waals surface area (Å²) in [5.74, 6) is -0.118. The number of cyclic esters (lactones) is 1. The number of hydrogen-bond donors (Lipinski definition) is 1. The second-order valence-corrected chi connectivity index (χ2v) is 19.9. The van der Waals surface area contributed by atoms with Gasteiger partial charge in [0.25, 0.3) is 32.4 Å². The highest BCUT2D eigenvalue weighted by atomic mass is 16.8. The first-order valence-electron chi connectivity index (χ1n) is 23.2. The fourth-order valence-corrected chi connectivity index (χ4v) is 13.8. The molecule has 18 unspecified atom stereocenters. The van der Waals surface area contributed by atoms with Crippen LogP contribution in [0.1, 0.15) is 105 Å². The summed E-state index contributed by atoms with van der Waals surface area (Å²) < 4.78 is 70.2. The largest absolute Gasteiger partial charge is 0.464 e. The van der Waals surface area contributed by atoms with E-state index in [4.69, 9.17) is 56.8 Å². The van der Waals surface area contributed by atoms with Gasteiger partial charge in [-0.3, -0.25) is 24.0 Å². The third-order valence-corrected chi connectivity index (χ3v) is 16.8. The second kappa shape index (κ2) is 19.5. The van der Waals surface area contributed by atoms with Crippen molar-refractivity contribution in [2.45, 2.75) is 197 Å². The van der Waals surface area contributed by atoms with Gasteiger partial charge in [-0.1, -0.05) is 13.8 Å². The molecule has 0 aromatic rings. The molecule has 3 saturated heterocycles. The van der Waals surface area contributed by atoms with Crippen LogP contribution in [0.2, 0.25) is 0 Å². The number of carbonyl (C=O) groups excluding carboxylic acids is 6. The normalized spacial score (nSPS) is 48.2. The zero-order valence-corrected chi connectivity index (χ0v) is 37.6. The molecule has 65 heavy (non-hydrogen) atoms. The Kier molecular flexibility index (Phi) is 14.3. The number of aliphatic hydroxyl groups is 1. The van der Waals surface area contributed by atoms with Crippen molar-refractivity contribution in [1.29, 1.82) is 0 Å². The molecule has 1 N–H and O–H groups in total. The van der Waals surface area contributed by atoms with Crippen LogP contribution < -0.4 is 0 Å². The van der Waals surface area contributed by atoms with E-state index in [1.165, 1.54) is 6.08 Å². The van der Waals surface area contributed by atoms with Crippen molar-refractivity contribution >= 4 is 38.3 Å². The Morgan fingerprint density at radius 2 is 1.14 bits per heavy atom. The summed E-state index contributed by atoms with van der Waals surface area (Å²) in [4.78, 5) is 69.6. The van der Waals surface area contributed by atoms with Crippen molar-refractivity contribution in [2.75, 3.05) is 6.61 Å². The van der Waals surface area contributed by atoms with Crippen molar-refractivity contribution in [3.8, 4) is 0 Å². The first-order valence-corrected chi connectivity index (χ1v) is 23.2. The number of carbonyl (C=O) groups is 6. The van der Waals surface area contributed by atoms with E-state index in [0.29, 0.717) is 31.8 Å². The average molecular weight is 921 g/mol. The van der Waals surface area contributed by atoms with Crippen LogP contribution in [-0.4, -0.2) is 142 Å². The molecule has 0 spiro atoms. The molecule has 4 saturated carbocycles. The monoisotopic (exact) mass is 920 g/mol. The van der Waals surface area contributed by atoms with E-state index in [1.807, 2.05) is 6.92 Å². The summed E-state index contributed by atoms with van der Waals surface area (Å²) in [5.41, 5.74) is -0.937. The van der Waals surface area contributed by atoms with Crippen LogP contribution in [0.3, 0.4) is 0 Å². The van der Waals surface area contributed by atoms with E-state index in [0.717, 1.165) is 50.5 Å². The Balaban J connectivity index is 0.872. The van der Waals surface area contributed by atoms with E-state index < -0.39 is 96.9 Å². The van der Waals surface area contributed by atoms with E-state index in [-0.39, 0.29) is 68.1 Å². The Bertz CT molecular complexity index is 1780. The molecule has 0 aromatic heterocycles. The van der Waals surface area contributed by atoms with Gasteiger partial charge in [0, 0.05) is 43.1 Å². The molecule has 362 valence electrons. The lowest BCUT2D eigenvalue weighted by atomic mass is 9.43. The molecule has 7 fully saturated rings. The summed E-state index contributed by atoms with van der Waals surface area (Å²) in [6.45, 7) is 11.5. The first kappa shape index (κ1) is 47.8. The van der Waals surface area contributed by atoms with E-state index in [9.17, 15) is 33.9 Å². The maximum absolute atomic E-state index is 12.8. The van der Waals surface area contributed by atoms with Gasteiger partial charge < -0.3 is 61.9 Å². The van der Waals surface area contributed by atoms with Gasteiger partial charge in [-0.05, 0) is 94.5 Å².